The fourth-order valence-electron chi connectivity index (χ4n) is 2.00. The molecule has 0 saturated carbocycles. The van der Waals surface area contributed by atoms with Gasteiger partial charge < -0.3 is 16.0 Å². The lowest BCUT2D eigenvalue weighted by Crippen LogP contribution is -2.36. The molecule has 0 aromatic heterocycles. The number of hydrogen-bond donors (Lipinski definition) is 3. The summed E-state index contributed by atoms with van der Waals surface area (Å²) >= 11 is 0. The first kappa shape index (κ1) is 19.8. The first-order chi connectivity index (χ1) is 11.2. The Labute approximate surface area is 140 Å². The summed E-state index contributed by atoms with van der Waals surface area (Å²) in [7, 11) is -1.77. The first-order valence-corrected chi connectivity index (χ1v) is 9.20. The quantitative estimate of drug-likeness (QED) is 0.330. The maximum Gasteiger partial charge on any atom is 0.293 e. The lowest BCUT2D eigenvalue weighted by atomic mass is 10.1. The van der Waals surface area contributed by atoms with Crippen LogP contribution in [-0.4, -0.2) is 52.2 Å². The fraction of sp³-hybridized carbons (Fsp3) is 0.500. The highest BCUT2D eigenvalue weighted by Gasteiger charge is 2.18. The van der Waals surface area contributed by atoms with Crippen LogP contribution < -0.4 is 16.0 Å². The van der Waals surface area contributed by atoms with Crippen molar-refractivity contribution >= 4 is 27.1 Å². The van der Waals surface area contributed by atoms with Crippen molar-refractivity contribution in [1.82, 2.24) is 10.6 Å². The molecule has 1 unspecified atom stereocenters. The van der Waals surface area contributed by atoms with Crippen molar-refractivity contribution in [3.05, 3.63) is 28.3 Å². The van der Waals surface area contributed by atoms with Crippen LogP contribution >= 0.6 is 0 Å². The molecule has 1 atom stereocenters. The Hall–Kier alpha value is -2.20. The Morgan fingerprint density at radius 2 is 2.00 bits per heavy atom. The zero-order valence-corrected chi connectivity index (χ0v) is 14.6. The van der Waals surface area contributed by atoms with Crippen LogP contribution in [0.15, 0.2) is 23.1 Å². The molecule has 0 heterocycles. The summed E-state index contributed by atoms with van der Waals surface area (Å²) in [6.45, 7) is 2.90. The second kappa shape index (κ2) is 8.60. The molecule has 134 valence electrons. The maximum absolute atomic E-state index is 11.7. The molecule has 9 nitrogen and oxygen atoms in total. The second-order valence-electron chi connectivity index (χ2n) is 5.38. The molecule has 0 spiro atoms. The van der Waals surface area contributed by atoms with Crippen molar-refractivity contribution in [3.8, 4) is 0 Å². The number of hydrogen-bond acceptors (Lipinski definition) is 7. The number of carbonyl (C=O) groups excluding carboxylic acids is 1. The lowest BCUT2D eigenvalue weighted by molar-refractivity contribution is -0.384. The lowest BCUT2D eigenvalue weighted by Gasteiger charge is -2.12. The van der Waals surface area contributed by atoms with Crippen LogP contribution in [0.5, 0.6) is 0 Å². The monoisotopic (exact) mass is 358 g/mol. The van der Waals surface area contributed by atoms with E-state index in [-0.39, 0.29) is 41.2 Å². The number of nitrogens with zero attached hydrogens (tertiary/aromatic N) is 1. The summed E-state index contributed by atoms with van der Waals surface area (Å²) < 4.78 is 23.0. The predicted molar refractivity (Wildman–Crippen MR) is 90.8 cm³/mol. The van der Waals surface area contributed by atoms with E-state index in [0.717, 1.165) is 12.3 Å². The zero-order chi connectivity index (χ0) is 18.3. The van der Waals surface area contributed by atoms with Gasteiger partial charge in [-0.05, 0) is 19.2 Å². The molecule has 0 aliphatic heterocycles. The summed E-state index contributed by atoms with van der Waals surface area (Å²) in [5.41, 5.74) is -0.127. The molecule has 0 fully saturated rings. The van der Waals surface area contributed by atoms with Crippen LogP contribution in [-0.2, 0) is 14.6 Å². The summed E-state index contributed by atoms with van der Waals surface area (Å²) in [5, 5.41) is 19.5. The summed E-state index contributed by atoms with van der Waals surface area (Å²) in [4.78, 5) is 22.1. The van der Waals surface area contributed by atoms with Gasteiger partial charge in [0.15, 0.2) is 9.84 Å². The van der Waals surface area contributed by atoms with Crippen molar-refractivity contribution in [2.75, 3.05) is 38.3 Å². The summed E-state index contributed by atoms with van der Waals surface area (Å²) in [5.74, 6) is -0.300. The average molecular weight is 358 g/mol. The Kier molecular flexibility index (Phi) is 7.11. The van der Waals surface area contributed by atoms with Gasteiger partial charge in [0.1, 0.15) is 5.69 Å². The SMILES string of the molecule is CNCC(C)C(=O)NCCNc1ccc(S(C)(=O)=O)cc1[N+](=O)[O-]. The molecule has 0 aliphatic carbocycles. The van der Waals surface area contributed by atoms with Gasteiger partial charge in [0.05, 0.1) is 9.82 Å². The van der Waals surface area contributed by atoms with E-state index in [0.29, 0.717) is 6.54 Å². The van der Waals surface area contributed by atoms with Gasteiger partial charge in [0.25, 0.3) is 5.69 Å². The van der Waals surface area contributed by atoms with E-state index in [1.54, 1.807) is 14.0 Å². The number of nitro groups is 1. The molecule has 0 bridgehead atoms. The van der Waals surface area contributed by atoms with E-state index in [2.05, 4.69) is 16.0 Å². The van der Waals surface area contributed by atoms with Gasteiger partial charge >= 0.3 is 0 Å². The molecule has 1 rings (SSSR count). The number of nitro benzene ring substituents is 1. The Morgan fingerprint density at radius 3 is 2.54 bits per heavy atom. The van der Waals surface area contributed by atoms with Crippen LogP contribution in [0.2, 0.25) is 0 Å². The Bertz CT molecular complexity index is 705. The van der Waals surface area contributed by atoms with Crippen LogP contribution in [0.4, 0.5) is 11.4 Å². The average Bonchev–Trinajstić information content (AvgIpc) is 2.50. The van der Waals surface area contributed by atoms with Gasteiger partial charge in [-0.3, -0.25) is 14.9 Å². The highest BCUT2D eigenvalue weighted by molar-refractivity contribution is 7.90. The number of nitrogens with one attached hydrogen (secondary N) is 3. The smallest absolute Gasteiger partial charge is 0.293 e. The molecule has 0 saturated heterocycles. The van der Waals surface area contributed by atoms with E-state index >= 15 is 0 Å². The molecule has 0 radical (unpaired) electrons. The molecule has 0 aliphatic rings. The summed E-state index contributed by atoms with van der Waals surface area (Å²) in [6.07, 6.45) is 0.987. The molecular weight excluding hydrogens is 336 g/mol. The second-order valence-corrected chi connectivity index (χ2v) is 7.40. The van der Waals surface area contributed by atoms with Crippen molar-refractivity contribution in [2.45, 2.75) is 11.8 Å². The predicted octanol–water partition coefficient (Wildman–Crippen LogP) is 0.382. The van der Waals surface area contributed by atoms with E-state index in [1.807, 2.05) is 0 Å². The molecule has 10 heteroatoms. The largest absolute Gasteiger partial charge is 0.378 e. The number of rotatable bonds is 9. The molecular formula is C14H22N4O5S. The minimum Gasteiger partial charge on any atom is -0.378 e. The van der Waals surface area contributed by atoms with Crippen LogP contribution in [0, 0.1) is 16.0 Å². The third kappa shape index (κ3) is 5.78. The number of anilines is 1. The number of amides is 1. The third-order valence-electron chi connectivity index (χ3n) is 3.29. The van der Waals surface area contributed by atoms with Crippen LogP contribution in [0.3, 0.4) is 0 Å². The Morgan fingerprint density at radius 1 is 1.33 bits per heavy atom. The van der Waals surface area contributed by atoms with Crippen molar-refractivity contribution < 1.29 is 18.1 Å². The summed E-state index contributed by atoms with van der Waals surface area (Å²) in [6, 6.07) is 3.67. The first-order valence-electron chi connectivity index (χ1n) is 7.31. The molecule has 1 aromatic rings. The zero-order valence-electron chi connectivity index (χ0n) is 13.8. The number of carbonyl (C=O) groups is 1. The normalized spacial score (nSPS) is 12.5. The highest BCUT2D eigenvalue weighted by atomic mass is 32.2. The van der Waals surface area contributed by atoms with E-state index in [4.69, 9.17) is 0 Å². The minimum absolute atomic E-state index is 0.117. The van der Waals surface area contributed by atoms with Gasteiger partial charge in [-0.1, -0.05) is 6.92 Å². The van der Waals surface area contributed by atoms with Gasteiger partial charge in [-0.2, -0.15) is 0 Å². The van der Waals surface area contributed by atoms with E-state index in [9.17, 15) is 23.3 Å². The molecule has 24 heavy (non-hydrogen) atoms. The third-order valence-corrected chi connectivity index (χ3v) is 4.40. The van der Waals surface area contributed by atoms with E-state index in [1.165, 1.54) is 12.1 Å². The molecule has 1 aromatic carbocycles. The fourth-order valence-corrected chi connectivity index (χ4v) is 2.64. The van der Waals surface area contributed by atoms with Crippen molar-refractivity contribution in [1.29, 1.82) is 0 Å². The van der Waals surface area contributed by atoms with Gasteiger partial charge in [0, 0.05) is 37.9 Å². The Balaban J connectivity index is 2.68. The van der Waals surface area contributed by atoms with Crippen molar-refractivity contribution in [2.24, 2.45) is 5.92 Å². The van der Waals surface area contributed by atoms with Gasteiger partial charge in [-0.25, -0.2) is 8.42 Å². The van der Waals surface area contributed by atoms with Gasteiger partial charge in [-0.15, -0.1) is 0 Å². The van der Waals surface area contributed by atoms with E-state index < -0.39 is 14.8 Å². The van der Waals surface area contributed by atoms with Crippen LogP contribution in [0.25, 0.3) is 0 Å². The maximum atomic E-state index is 11.7. The minimum atomic E-state index is -3.52. The number of sulfone groups is 1. The highest BCUT2D eigenvalue weighted by Crippen LogP contribution is 2.27. The molecule has 3 N–H and O–H groups in total. The van der Waals surface area contributed by atoms with Crippen LogP contribution in [0.1, 0.15) is 6.92 Å². The standard InChI is InChI=1S/C14H22N4O5S/c1-10(9-15-2)14(19)17-7-6-16-12-5-4-11(24(3,22)23)8-13(12)18(20)21/h4-5,8,10,15-16H,6-7,9H2,1-3H3,(H,17,19). The van der Waals surface area contributed by atoms with Gasteiger partial charge in [0.2, 0.25) is 5.91 Å². The topological polar surface area (TPSA) is 130 Å². The molecule has 1 amide bonds. The van der Waals surface area contributed by atoms with Crippen molar-refractivity contribution in [3.63, 3.8) is 0 Å². The number of benzene rings is 1.